The standard InChI is InChI=1S/C21H32N6O2.HI/c1-16-23-11-12-27(16)15-18-8-6-7-17(13-18)14-26-19(22-5)24-9-10-25-20(28)29-21(2,3)4;/h6-8,11-13H,9-10,14-15H2,1-5H3,(H,25,28)(H2,22,24,26);1H. The van der Waals surface area contributed by atoms with E-state index in [4.69, 9.17) is 4.74 Å². The Kier molecular flexibility index (Phi) is 10.6. The second kappa shape index (κ2) is 12.4. The predicted octanol–water partition coefficient (Wildman–Crippen LogP) is 3.05. The summed E-state index contributed by atoms with van der Waals surface area (Å²) in [4.78, 5) is 20.1. The number of carbonyl (C=O) groups is 1. The third-order valence-corrected chi connectivity index (χ3v) is 4.04. The lowest BCUT2D eigenvalue weighted by Gasteiger charge is -2.20. The van der Waals surface area contributed by atoms with Gasteiger partial charge in [0, 0.05) is 45.6 Å². The van der Waals surface area contributed by atoms with E-state index in [9.17, 15) is 4.79 Å². The molecule has 0 bridgehead atoms. The van der Waals surface area contributed by atoms with Crippen LogP contribution in [-0.2, 0) is 17.8 Å². The summed E-state index contributed by atoms with van der Waals surface area (Å²) in [6, 6.07) is 8.41. The van der Waals surface area contributed by atoms with E-state index in [2.05, 4.69) is 54.8 Å². The zero-order chi connectivity index (χ0) is 21.3. The Labute approximate surface area is 195 Å². The molecule has 0 fully saturated rings. The number of aromatic nitrogens is 2. The number of hydrogen-bond acceptors (Lipinski definition) is 4. The number of hydrogen-bond donors (Lipinski definition) is 3. The van der Waals surface area contributed by atoms with Gasteiger partial charge in [-0.3, -0.25) is 4.99 Å². The van der Waals surface area contributed by atoms with Crippen molar-refractivity contribution >= 4 is 36.0 Å². The summed E-state index contributed by atoms with van der Waals surface area (Å²) in [5.74, 6) is 1.67. The number of nitrogens with one attached hydrogen (secondary N) is 3. The molecule has 1 amide bonds. The van der Waals surface area contributed by atoms with Gasteiger partial charge in [-0.05, 0) is 38.8 Å². The van der Waals surface area contributed by atoms with Crippen molar-refractivity contribution in [3.63, 3.8) is 0 Å². The summed E-state index contributed by atoms with van der Waals surface area (Å²) in [7, 11) is 1.72. The second-order valence-electron chi connectivity index (χ2n) is 7.70. The Bertz CT molecular complexity index is 829. The highest BCUT2D eigenvalue weighted by molar-refractivity contribution is 14.0. The second-order valence-corrected chi connectivity index (χ2v) is 7.70. The van der Waals surface area contributed by atoms with E-state index >= 15 is 0 Å². The minimum atomic E-state index is -0.500. The molecule has 0 radical (unpaired) electrons. The van der Waals surface area contributed by atoms with Gasteiger partial charge in [0.05, 0.1) is 0 Å². The fourth-order valence-electron chi connectivity index (χ4n) is 2.67. The first kappa shape index (κ1) is 25.7. The number of guanidine groups is 1. The fraction of sp³-hybridized carbons (Fsp3) is 0.476. The molecule has 3 N–H and O–H groups in total. The summed E-state index contributed by atoms with van der Waals surface area (Å²) in [5.41, 5.74) is 1.88. The lowest BCUT2D eigenvalue weighted by atomic mass is 10.1. The lowest BCUT2D eigenvalue weighted by Crippen LogP contribution is -2.42. The molecule has 0 spiro atoms. The molecule has 0 unspecified atom stereocenters. The van der Waals surface area contributed by atoms with Crippen molar-refractivity contribution in [1.29, 1.82) is 0 Å². The number of amides is 1. The number of halogens is 1. The maximum absolute atomic E-state index is 11.6. The molecule has 0 aliphatic heterocycles. The number of carbonyl (C=O) groups excluding carboxylic acids is 1. The van der Waals surface area contributed by atoms with Crippen molar-refractivity contribution in [2.24, 2.45) is 4.99 Å². The Morgan fingerprint density at radius 1 is 1.17 bits per heavy atom. The van der Waals surface area contributed by atoms with Crippen molar-refractivity contribution < 1.29 is 9.53 Å². The molecule has 1 aromatic heterocycles. The molecule has 0 atom stereocenters. The van der Waals surface area contributed by atoms with Gasteiger partial charge >= 0.3 is 6.09 Å². The van der Waals surface area contributed by atoms with E-state index in [1.165, 1.54) is 5.56 Å². The first-order chi connectivity index (χ1) is 13.8. The highest BCUT2D eigenvalue weighted by atomic mass is 127. The first-order valence-corrected chi connectivity index (χ1v) is 9.74. The third kappa shape index (κ3) is 9.47. The van der Waals surface area contributed by atoms with Gasteiger partial charge < -0.3 is 25.3 Å². The number of rotatable bonds is 7. The summed E-state index contributed by atoms with van der Waals surface area (Å²) in [6.07, 6.45) is 3.37. The van der Waals surface area contributed by atoms with Gasteiger partial charge in [0.25, 0.3) is 0 Å². The molecule has 2 rings (SSSR count). The zero-order valence-corrected chi connectivity index (χ0v) is 20.7. The molecule has 1 aromatic carbocycles. The van der Waals surface area contributed by atoms with Crippen molar-refractivity contribution in [1.82, 2.24) is 25.5 Å². The van der Waals surface area contributed by atoms with Crippen LogP contribution < -0.4 is 16.0 Å². The Balaban J connectivity index is 0.00000450. The van der Waals surface area contributed by atoms with Gasteiger partial charge in [-0.2, -0.15) is 0 Å². The van der Waals surface area contributed by atoms with Crippen LogP contribution in [0.25, 0.3) is 0 Å². The first-order valence-electron chi connectivity index (χ1n) is 9.74. The summed E-state index contributed by atoms with van der Waals surface area (Å²) >= 11 is 0. The number of alkyl carbamates (subject to hydrolysis) is 1. The molecule has 9 heteroatoms. The van der Waals surface area contributed by atoms with Crippen molar-refractivity contribution in [2.45, 2.75) is 46.4 Å². The minimum Gasteiger partial charge on any atom is -0.444 e. The predicted molar refractivity (Wildman–Crippen MR) is 130 cm³/mol. The van der Waals surface area contributed by atoms with Crippen LogP contribution in [0.2, 0.25) is 0 Å². The maximum Gasteiger partial charge on any atom is 0.407 e. The smallest absolute Gasteiger partial charge is 0.407 e. The maximum atomic E-state index is 11.6. The van der Waals surface area contributed by atoms with Crippen molar-refractivity contribution in [3.05, 3.63) is 53.6 Å². The van der Waals surface area contributed by atoms with E-state index in [-0.39, 0.29) is 24.0 Å². The fourth-order valence-corrected chi connectivity index (χ4v) is 2.67. The average molecular weight is 528 g/mol. The molecule has 166 valence electrons. The van der Waals surface area contributed by atoms with Gasteiger partial charge in [-0.1, -0.05) is 24.3 Å². The van der Waals surface area contributed by atoms with E-state index in [0.717, 1.165) is 17.9 Å². The molecule has 2 aromatic rings. The monoisotopic (exact) mass is 528 g/mol. The van der Waals surface area contributed by atoms with Crippen molar-refractivity contribution in [3.8, 4) is 0 Å². The van der Waals surface area contributed by atoms with Gasteiger partial charge in [-0.15, -0.1) is 24.0 Å². The minimum absolute atomic E-state index is 0. The molecule has 0 aliphatic rings. The van der Waals surface area contributed by atoms with Crippen molar-refractivity contribution in [2.75, 3.05) is 20.1 Å². The van der Waals surface area contributed by atoms with Crippen LogP contribution >= 0.6 is 24.0 Å². The van der Waals surface area contributed by atoms with E-state index in [1.807, 2.05) is 40.1 Å². The Hall–Kier alpha value is -2.30. The molecule has 0 saturated heterocycles. The average Bonchev–Trinajstić information content (AvgIpc) is 3.04. The van der Waals surface area contributed by atoms with Gasteiger partial charge in [0.2, 0.25) is 0 Å². The van der Waals surface area contributed by atoms with E-state index in [0.29, 0.717) is 25.6 Å². The van der Waals surface area contributed by atoms with E-state index in [1.54, 1.807) is 7.05 Å². The normalized spacial score (nSPS) is 11.4. The van der Waals surface area contributed by atoms with Crippen LogP contribution in [0.1, 0.15) is 37.7 Å². The quantitative estimate of drug-likeness (QED) is 0.223. The number of ether oxygens (including phenoxy) is 1. The third-order valence-electron chi connectivity index (χ3n) is 4.04. The summed E-state index contributed by atoms with van der Waals surface area (Å²) in [5, 5.41) is 9.17. The number of benzene rings is 1. The van der Waals surface area contributed by atoms with Crippen LogP contribution in [0.4, 0.5) is 4.79 Å². The molecular weight excluding hydrogens is 495 g/mol. The van der Waals surface area contributed by atoms with Crippen LogP contribution in [-0.4, -0.2) is 47.3 Å². The van der Waals surface area contributed by atoms with Gasteiger partial charge in [0.1, 0.15) is 11.4 Å². The van der Waals surface area contributed by atoms with Crippen LogP contribution in [0.5, 0.6) is 0 Å². The summed E-state index contributed by atoms with van der Waals surface area (Å²) in [6.45, 7) is 9.93. The Morgan fingerprint density at radius 2 is 1.87 bits per heavy atom. The number of imidazole rings is 1. The molecule has 8 nitrogen and oxygen atoms in total. The molecule has 0 aliphatic carbocycles. The number of nitrogens with zero attached hydrogens (tertiary/aromatic N) is 3. The van der Waals surface area contributed by atoms with Gasteiger partial charge in [-0.25, -0.2) is 9.78 Å². The molecule has 1 heterocycles. The summed E-state index contributed by atoms with van der Waals surface area (Å²) < 4.78 is 7.32. The largest absolute Gasteiger partial charge is 0.444 e. The number of aryl methyl sites for hydroxylation is 1. The molecule has 0 saturated carbocycles. The zero-order valence-electron chi connectivity index (χ0n) is 18.4. The highest BCUT2D eigenvalue weighted by Gasteiger charge is 2.15. The molecule has 30 heavy (non-hydrogen) atoms. The highest BCUT2D eigenvalue weighted by Crippen LogP contribution is 2.09. The van der Waals surface area contributed by atoms with Crippen LogP contribution in [0, 0.1) is 6.92 Å². The molecular formula is C21H33IN6O2. The Morgan fingerprint density at radius 3 is 2.50 bits per heavy atom. The van der Waals surface area contributed by atoms with Crippen LogP contribution in [0.15, 0.2) is 41.7 Å². The van der Waals surface area contributed by atoms with Gasteiger partial charge in [0.15, 0.2) is 5.96 Å². The lowest BCUT2D eigenvalue weighted by molar-refractivity contribution is 0.0529. The number of aliphatic imine (C=N–C) groups is 1. The van der Waals surface area contributed by atoms with Crippen LogP contribution in [0.3, 0.4) is 0 Å². The van der Waals surface area contributed by atoms with E-state index < -0.39 is 11.7 Å². The SMILES string of the molecule is CN=C(NCCNC(=O)OC(C)(C)C)NCc1cccc(Cn2ccnc2C)c1.I. The topological polar surface area (TPSA) is 92.6 Å².